The van der Waals surface area contributed by atoms with Crippen LogP contribution in [0.1, 0.15) is 117 Å². The van der Waals surface area contributed by atoms with E-state index < -0.39 is 0 Å². The molecule has 0 aromatic heterocycles. The zero-order valence-corrected chi connectivity index (χ0v) is 27.2. The van der Waals surface area contributed by atoms with Crippen LogP contribution >= 0.6 is 0 Å². The molecule has 44 heavy (non-hydrogen) atoms. The van der Waals surface area contributed by atoms with Crippen LogP contribution < -0.4 is 9.47 Å². The largest absolute Gasteiger partial charge is 0.481 e. The zero-order chi connectivity index (χ0) is 31.2. The summed E-state index contributed by atoms with van der Waals surface area (Å²) in [7, 11) is 0. The first-order valence-electron chi connectivity index (χ1n) is 17.2. The van der Waals surface area contributed by atoms with Gasteiger partial charge in [0.25, 0.3) is 0 Å². The van der Waals surface area contributed by atoms with E-state index in [-0.39, 0.29) is 25.2 Å². The van der Waals surface area contributed by atoms with Gasteiger partial charge in [0, 0.05) is 21.5 Å². The van der Waals surface area contributed by atoms with E-state index in [4.69, 9.17) is 18.9 Å². The summed E-state index contributed by atoms with van der Waals surface area (Å²) in [6.07, 6.45) is 19.1. The highest BCUT2D eigenvalue weighted by atomic mass is 16.6. The number of ether oxygens (including phenoxy) is 4. The van der Waals surface area contributed by atoms with Crippen LogP contribution in [0.2, 0.25) is 0 Å². The standard InChI is InChI=1S/C38H54O6/c1-3-5-7-9-11-13-15-21-27-41-35(39)29-43-37-31-23-17-19-25-33(31)38(34-26-20-18-24-32(34)37)44-30-36(40)42-28-22-16-14-12-10-8-6-4-2/h17-20,23-26H,3-16,21-22,27-30H2,1-2H3. The Bertz CT molecular complexity index is 1100. The van der Waals surface area contributed by atoms with Gasteiger partial charge >= 0.3 is 11.9 Å². The lowest BCUT2D eigenvalue weighted by Crippen LogP contribution is -2.17. The number of benzene rings is 3. The maximum absolute atomic E-state index is 12.5. The Hall–Kier alpha value is -3.28. The minimum atomic E-state index is -0.374. The Morgan fingerprint density at radius 2 is 0.750 bits per heavy atom. The number of fused-ring (bicyclic) bond motifs is 2. The van der Waals surface area contributed by atoms with E-state index in [0.29, 0.717) is 24.7 Å². The lowest BCUT2D eigenvalue weighted by molar-refractivity contribution is -0.147. The van der Waals surface area contributed by atoms with Crippen LogP contribution in [-0.4, -0.2) is 38.4 Å². The lowest BCUT2D eigenvalue weighted by atomic mass is 10.0. The fraction of sp³-hybridized carbons (Fsp3) is 0.579. The Balaban J connectivity index is 1.51. The molecule has 3 aromatic rings. The van der Waals surface area contributed by atoms with E-state index in [9.17, 15) is 9.59 Å². The molecule has 0 heterocycles. The summed E-state index contributed by atoms with van der Waals surface area (Å²) in [5.41, 5.74) is 0. The SMILES string of the molecule is CCCCCCCCCCOC(=O)COc1c2ccccc2c(OCC(=O)OCCCCCCCCCC)c2ccccc12. The van der Waals surface area contributed by atoms with Gasteiger partial charge in [0.2, 0.25) is 0 Å². The Morgan fingerprint density at radius 1 is 0.455 bits per heavy atom. The fourth-order valence-electron chi connectivity index (χ4n) is 5.55. The number of esters is 2. The number of hydrogen-bond donors (Lipinski definition) is 0. The third-order valence-electron chi connectivity index (χ3n) is 8.02. The Labute approximate surface area is 264 Å². The van der Waals surface area contributed by atoms with Crippen molar-refractivity contribution >= 4 is 33.5 Å². The number of unbranched alkanes of at least 4 members (excludes halogenated alkanes) is 14. The van der Waals surface area contributed by atoms with Crippen molar-refractivity contribution in [2.24, 2.45) is 0 Å². The van der Waals surface area contributed by atoms with Crippen molar-refractivity contribution in [2.45, 2.75) is 117 Å². The normalized spacial score (nSPS) is 11.1. The monoisotopic (exact) mass is 606 g/mol. The summed E-state index contributed by atoms with van der Waals surface area (Å²) in [5, 5.41) is 3.24. The van der Waals surface area contributed by atoms with Gasteiger partial charge in [-0.2, -0.15) is 0 Å². The van der Waals surface area contributed by atoms with Gasteiger partial charge in [0.1, 0.15) is 11.5 Å². The Morgan fingerprint density at radius 3 is 1.07 bits per heavy atom. The van der Waals surface area contributed by atoms with Crippen molar-refractivity contribution in [1.29, 1.82) is 0 Å². The van der Waals surface area contributed by atoms with Gasteiger partial charge in [0.05, 0.1) is 13.2 Å². The summed E-state index contributed by atoms with van der Waals surface area (Å²) >= 11 is 0. The van der Waals surface area contributed by atoms with Crippen LogP contribution in [0.5, 0.6) is 11.5 Å². The second-order valence-electron chi connectivity index (χ2n) is 11.7. The molecule has 0 saturated carbocycles. The van der Waals surface area contributed by atoms with Crippen molar-refractivity contribution in [3.8, 4) is 11.5 Å². The Kier molecular flexibility index (Phi) is 17.1. The van der Waals surface area contributed by atoms with Crippen LogP contribution in [0.4, 0.5) is 0 Å². The smallest absolute Gasteiger partial charge is 0.344 e. The van der Waals surface area contributed by atoms with Crippen LogP contribution in [-0.2, 0) is 19.1 Å². The predicted octanol–water partition coefficient (Wildman–Crippen LogP) is 10.1. The first-order chi connectivity index (χ1) is 21.7. The lowest BCUT2D eigenvalue weighted by Gasteiger charge is -2.17. The van der Waals surface area contributed by atoms with Crippen LogP contribution in [0, 0.1) is 0 Å². The van der Waals surface area contributed by atoms with Gasteiger partial charge in [-0.15, -0.1) is 0 Å². The van der Waals surface area contributed by atoms with E-state index in [1.807, 2.05) is 48.5 Å². The molecule has 0 spiro atoms. The molecular weight excluding hydrogens is 552 g/mol. The number of hydrogen-bond acceptors (Lipinski definition) is 6. The van der Waals surface area contributed by atoms with Gasteiger partial charge in [0.15, 0.2) is 13.2 Å². The van der Waals surface area contributed by atoms with Gasteiger partial charge in [-0.3, -0.25) is 0 Å². The van der Waals surface area contributed by atoms with Crippen LogP contribution in [0.3, 0.4) is 0 Å². The quantitative estimate of drug-likeness (QED) is 0.0574. The number of rotatable bonds is 24. The summed E-state index contributed by atoms with van der Waals surface area (Å²) in [4.78, 5) is 25.0. The minimum absolute atomic E-state index is 0.170. The number of carbonyl (C=O) groups is 2. The maximum atomic E-state index is 12.5. The highest BCUT2D eigenvalue weighted by Crippen LogP contribution is 2.42. The third kappa shape index (κ3) is 12.4. The molecule has 0 bridgehead atoms. The zero-order valence-electron chi connectivity index (χ0n) is 27.2. The van der Waals surface area contributed by atoms with Gasteiger partial charge in [-0.1, -0.05) is 152 Å². The third-order valence-corrected chi connectivity index (χ3v) is 8.02. The maximum Gasteiger partial charge on any atom is 0.344 e. The highest BCUT2D eigenvalue weighted by molar-refractivity contribution is 6.11. The average molecular weight is 607 g/mol. The second-order valence-corrected chi connectivity index (χ2v) is 11.7. The van der Waals surface area contributed by atoms with E-state index >= 15 is 0 Å². The van der Waals surface area contributed by atoms with Gasteiger partial charge < -0.3 is 18.9 Å². The molecule has 0 aliphatic rings. The van der Waals surface area contributed by atoms with E-state index in [1.165, 1.54) is 77.0 Å². The van der Waals surface area contributed by atoms with Crippen molar-refractivity contribution < 1.29 is 28.5 Å². The molecule has 0 aliphatic heterocycles. The molecule has 0 unspecified atom stereocenters. The first kappa shape index (κ1) is 35.2. The highest BCUT2D eigenvalue weighted by Gasteiger charge is 2.18. The predicted molar refractivity (Wildman–Crippen MR) is 180 cm³/mol. The molecule has 0 radical (unpaired) electrons. The van der Waals surface area contributed by atoms with Crippen molar-refractivity contribution in [2.75, 3.05) is 26.4 Å². The molecule has 0 amide bonds. The summed E-state index contributed by atoms with van der Waals surface area (Å²) < 4.78 is 23.1. The summed E-state index contributed by atoms with van der Waals surface area (Å²) in [5.74, 6) is 0.455. The molecule has 0 fully saturated rings. The van der Waals surface area contributed by atoms with Gasteiger partial charge in [-0.25, -0.2) is 9.59 Å². The van der Waals surface area contributed by atoms with Crippen molar-refractivity contribution in [3.05, 3.63) is 48.5 Å². The van der Waals surface area contributed by atoms with Crippen LogP contribution in [0.25, 0.3) is 21.5 Å². The molecular formula is C38H54O6. The molecule has 3 rings (SSSR count). The molecule has 0 atom stereocenters. The van der Waals surface area contributed by atoms with E-state index in [2.05, 4.69) is 13.8 Å². The van der Waals surface area contributed by atoms with Crippen LogP contribution in [0.15, 0.2) is 48.5 Å². The molecule has 242 valence electrons. The summed E-state index contributed by atoms with van der Waals surface area (Å²) in [6.45, 7) is 4.95. The molecule has 0 N–H and O–H groups in total. The minimum Gasteiger partial charge on any atom is -0.481 e. The van der Waals surface area contributed by atoms with E-state index in [0.717, 1.165) is 47.2 Å². The average Bonchev–Trinajstić information content (AvgIpc) is 3.04. The molecule has 6 nitrogen and oxygen atoms in total. The van der Waals surface area contributed by atoms with Crippen molar-refractivity contribution in [1.82, 2.24) is 0 Å². The molecule has 3 aromatic carbocycles. The van der Waals surface area contributed by atoms with Gasteiger partial charge in [-0.05, 0) is 12.8 Å². The first-order valence-corrected chi connectivity index (χ1v) is 17.2. The molecule has 0 saturated heterocycles. The number of carbonyl (C=O) groups excluding carboxylic acids is 2. The van der Waals surface area contributed by atoms with Crippen molar-refractivity contribution in [3.63, 3.8) is 0 Å². The fourth-order valence-corrected chi connectivity index (χ4v) is 5.55. The second kappa shape index (κ2) is 21.4. The van der Waals surface area contributed by atoms with E-state index in [1.54, 1.807) is 0 Å². The summed E-state index contributed by atoms with van der Waals surface area (Å²) in [6, 6.07) is 15.5. The molecule has 6 heteroatoms. The molecule has 0 aliphatic carbocycles. The topological polar surface area (TPSA) is 71.1 Å².